The largest absolute Gasteiger partial charge is 0.493 e. The monoisotopic (exact) mass is 484 g/mol. The number of nitrogens with zero attached hydrogens (tertiary/aromatic N) is 2. The van der Waals surface area contributed by atoms with Gasteiger partial charge in [-0.3, -0.25) is 19.8 Å². The first kappa shape index (κ1) is 23.3. The number of methoxy groups -OCH3 is 1. The topological polar surface area (TPSA) is 81.9 Å². The Balaban J connectivity index is 1.48. The van der Waals surface area contributed by atoms with E-state index in [0.717, 1.165) is 31.2 Å². The second kappa shape index (κ2) is 10.4. The van der Waals surface area contributed by atoms with Crippen molar-refractivity contribution in [2.24, 2.45) is 0 Å². The smallest absolute Gasteiger partial charge is 0.269 e. The number of nitro benzene ring substituents is 1. The maximum atomic E-state index is 13.0. The summed E-state index contributed by atoms with van der Waals surface area (Å²) in [5, 5.41) is 11.0. The number of hydrogen-bond donors (Lipinski definition) is 0. The van der Waals surface area contributed by atoms with Crippen LogP contribution in [0.25, 0.3) is 6.08 Å². The van der Waals surface area contributed by atoms with Crippen molar-refractivity contribution in [1.82, 2.24) is 4.90 Å². The third-order valence-corrected chi connectivity index (χ3v) is 7.09. The molecule has 1 aliphatic heterocycles. The Hall–Kier alpha value is -2.91. The van der Waals surface area contributed by atoms with Crippen LogP contribution in [0.15, 0.2) is 47.4 Å². The van der Waals surface area contributed by atoms with Crippen LogP contribution in [-0.4, -0.2) is 33.2 Å². The van der Waals surface area contributed by atoms with Crippen molar-refractivity contribution in [3.8, 4) is 11.5 Å². The van der Waals surface area contributed by atoms with Crippen molar-refractivity contribution in [2.45, 2.75) is 44.8 Å². The molecule has 2 aromatic carbocycles. The lowest BCUT2D eigenvalue weighted by atomic mass is 9.94. The second-order valence-electron chi connectivity index (χ2n) is 7.97. The fourth-order valence-electron chi connectivity index (χ4n) is 4.10. The van der Waals surface area contributed by atoms with E-state index >= 15 is 0 Å². The predicted molar refractivity (Wildman–Crippen MR) is 132 cm³/mol. The van der Waals surface area contributed by atoms with Gasteiger partial charge in [-0.05, 0) is 42.2 Å². The van der Waals surface area contributed by atoms with E-state index in [-0.39, 0.29) is 24.2 Å². The summed E-state index contributed by atoms with van der Waals surface area (Å²) >= 11 is 6.85. The fraction of sp³-hybridized carbons (Fsp3) is 0.333. The highest BCUT2D eigenvalue weighted by molar-refractivity contribution is 8.26. The number of benzene rings is 2. The minimum Gasteiger partial charge on any atom is -0.493 e. The molecule has 33 heavy (non-hydrogen) atoms. The SMILES string of the molecule is COc1cc(/C=C2/SC(=S)N(C3CCCCC3)C2=O)ccc1OCc1cccc([N+](=O)[O-])c1. The van der Waals surface area contributed by atoms with Crippen LogP contribution in [-0.2, 0) is 11.4 Å². The Morgan fingerprint density at radius 2 is 1.97 bits per heavy atom. The molecule has 0 spiro atoms. The molecule has 1 aliphatic carbocycles. The van der Waals surface area contributed by atoms with Gasteiger partial charge in [-0.1, -0.05) is 61.4 Å². The van der Waals surface area contributed by atoms with E-state index in [1.165, 1.54) is 30.3 Å². The molecule has 0 aromatic heterocycles. The zero-order chi connectivity index (χ0) is 23.4. The first-order chi connectivity index (χ1) is 16.0. The van der Waals surface area contributed by atoms with E-state index in [9.17, 15) is 14.9 Å². The van der Waals surface area contributed by atoms with Crippen molar-refractivity contribution < 1.29 is 19.2 Å². The van der Waals surface area contributed by atoms with Gasteiger partial charge in [0.05, 0.1) is 16.9 Å². The number of non-ortho nitro benzene ring substituents is 1. The first-order valence-electron chi connectivity index (χ1n) is 10.8. The maximum Gasteiger partial charge on any atom is 0.269 e. The lowest BCUT2D eigenvalue weighted by Gasteiger charge is -2.29. The van der Waals surface area contributed by atoms with Gasteiger partial charge >= 0.3 is 0 Å². The highest BCUT2D eigenvalue weighted by Gasteiger charge is 2.37. The molecule has 0 N–H and O–H groups in total. The normalized spacial score (nSPS) is 18.1. The van der Waals surface area contributed by atoms with Crippen LogP contribution in [0.5, 0.6) is 11.5 Å². The number of carbonyl (C=O) groups excluding carboxylic acids is 1. The average molecular weight is 485 g/mol. The molecule has 2 aromatic rings. The van der Waals surface area contributed by atoms with Crippen molar-refractivity contribution in [3.05, 3.63) is 68.6 Å². The molecule has 0 bridgehead atoms. The Labute approximate surface area is 201 Å². The maximum absolute atomic E-state index is 13.0. The van der Waals surface area contributed by atoms with Crippen LogP contribution in [0.4, 0.5) is 5.69 Å². The Bertz CT molecular complexity index is 1110. The Morgan fingerprint density at radius 1 is 1.18 bits per heavy atom. The van der Waals surface area contributed by atoms with Gasteiger partial charge in [0.15, 0.2) is 11.5 Å². The molecule has 0 radical (unpaired) electrons. The predicted octanol–water partition coefficient (Wildman–Crippen LogP) is 5.72. The number of thiocarbonyl (C=S) groups is 1. The van der Waals surface area contributed by atoms with E-state index in [1.54, 1.807) is 36.3 Å². The summed E-state index contributed by atoms with van der Waals surface area (Å²) in [6.45, 7) is 0.164. The second-order valence-corrected chi connectivity index (χ2v) is 9.65. The molecule has 1 saturated heterocycles. The van der Waals surface area contributed by atoms with E-state index < -0.39 is 4.92 Å². The summed E-state index contributed by atoms with van der Waals surface area (Å²) < 4.78 is 11.9. The number of hydrogen-bond acceptors (Lipinski definition) is 7. The lowest BCUT2D eigenvalue weighted by molar-refractivity contribution is -0.384. The Morgan fingerprint density at radius 3 is 2.70 bits per heavy atom. The number of nitro groups is 1. The van der Waals surface area contributed by atoms with E-state index in [0.29, 0.717) is 26.3 Å². The van der Waals surface area contributed by atoms with Crippen LogP contribution in [0.1, 0.15) is 43.2 Å². The van der Waals surface area contributed by atoms with Crippen molar-refractivity contribution >= 4 is 46.0 Å². The van der Waals surface area contributed by atoms with Gasteiger partial charge in [-0.2, -0.15) is 0 Å². The quantitative estimate of drug-likeness (QED) is 0.215. The van der Waals surface area contributed by atoms with E-state index in [2.05, 4.69) is 0 Å². The summed E-state index contributed by atoms with van der Waals surface area (Å²) in [5.74, 6) is 0.995. The number of amides is 1. The molecule has 172 valence electrons. The number of ether oxygens (including phenoxy) is 2. The van der Waals surface area contributed by atoms with Gasteiger partial charge in [-0.15, -0.1) is 0 Å². The van der Waals surface area contributed by atoms with Crippen molar-refractivity contribution in [3.63, 3.8) is 0 Å². The standard InChI is InChI=1S/C24H24N2O5S2/c1-30-21-13-16(10-11-20(21)31-15-17-6-5-9-19(12-17)26(28)29)14-22-23(27)25(24(32)33-22)18-7-3-2-4-8-18/h5-6,9-14,18H,2-4,7-8,15H2,1H3/b22-14+. The lowest BCUT2D eigenvalue weighted by Crippen LogP contribution is -2.39. The first-order valence-corrected chi connectivity index (χ1v) is 12.0. The van der Waals surface area contributed by atoms with Gasteiger partial charge in [0, 0.05) is 18.2 Å². The van der Waals surface area contributed by atoms with Crippen LogP contribution in [0.2, 0.25) is 0 Å². The molecule has 2 aliphatic rings. The molecule has 1 amide bonds. The summed E-state index contributed by atoms with van der Waals surface area (Å²) in [5.41, 5.74) is 1.50. The highest BCUT2D eigenvalue weighted by atomic mass is 32.2. The third-order valence-electron chi connectivity index (χ3n) is 5.76. The molecule has 0 unspecified atom stereocenters. The summed E-state index contributed by atoms with van der Waals surface area (Å²) in [4.78, 5) is 25.9. The number of carbonyl (C=O) groups is 1. The number of thioether (sulfide) groups is 1. The molecule has 1 heterocycles. The van der Waals surface area contributed by atoms with Crippen LogP contribution < -0.4 is 9.47 Å². The minimum absolute atomic E-state index is 0.0175. The molecule has 4 rings (SSSR count). The zero-order valence-electron chi connectivity index (χ0n) is 18.2. The summed E-state index contributed by atoms with van der Waals surface area (Å²) in [6, 6.07) is 11.9. The van der Waals surface area contributed by atoms with Gasteiger partial charge in [0.25, 0.3) is 11.6 Å². The van der Waals surface area contributed by atoms with E-state index in [1.807, 2.05) is 12.1 Å². The molecule has 2 fully saturated rings. The van der Waals surface area contributed by atoms with Crippen LogP contribution >= 0.6 is 24.0 Å². The Kier molecular flexibility index (Phi) is 7.29. The summed E-state index contributed by atoms with van der Waals surface area (Å²) in [7, 11) is 1.54. The molecule has 0 atom stereocenters. The van der Waals surface area contributed by atoms with E-state index in [4.69, 9.17) is 21.7 Å². The third kappa shape index (κ3) is 5.36. The van der Waals surface area contributed by atoms with Gasteiger partial charge in [0.1, 0.15) is 10.9 Å². The zero-order valence-corrected chi connectivity index (χ0v) is 19.8. The number of rotatable bonds is 7. The van der Waals surface area contributed by atoms with Gasteiger partial charge in [0.2, 0.25) is 0 Å². The molecular formula is C24H24N2O5S2. The van der Waals surface area contributed by atoms with Crippen LogP contribution in [0.3, 0.4) is 0 Å². The van der Waals surface area contributed by atoms with Crippen molar-refractivity contribution in [1.29, 1.82) is 0 Å². The van der Waals surface area contributed by atoms with Gasteiger partial charge in [-0.25, -0.2) is 0 Å². The molecular weight excluding hydrogens is 460 g/mol. The van der Waals surface area contributed by atoms with Gasteiger partial charge < -0.3 is 9.47 Å². The average Bonchev–Trinajstić information content (AvgIpc) is 3.11. The highest BCUT2D eigenvalue weighted by Crippen LogP contribution is 2.38. The fourth-order valence-corrected chi connectivity index (χ4v) is 5.50. The molecule has 7 nitrogen and oxygen atoms in total. The minimum atomic E-state index is -0.435. The molecule has 9 heteroatoms. The summed E-state index contributed by atoms with van der Waals surface area (Å²) in [6.07, 6.45) is 7.32. The molecule has 1 saturated carbocycles. The van der Waals surface area contributed by atoms with Crippen LogP contribution in [0, 0.1) is 10.1 Å². The van der Waals surface area contributed by atoms with Crippen molar-refractivity contribution in [2.75, 3.05) is 7.11 Å².